The number of hydrogen-bond acceptors (Lipinski definition) is 3. The Labute approximate surface area is 110 Å². The molecule has 1 aliphatic carbocycles. The summed E-state index contributed by atoms with van der Waals surface area (Å²) in [6.45, 7) is 0. The lowest BCUT2D eigenvalue weighted by Crippen LogP contribution is -2.43. The highest BCUT2D eigenvalue weighted by Gasteiger charge is 2.43. The van der Waals surface area contributed by atoms with Crippen LogP contribution in [0.5, 0.6) is 0 Å². The molecule has 0 amide bonds. The fourth-order valence-electron chi connectivity index (χ4n) is 1.82. The topological polar surface area (TPSA) is 46.5 Å². The molecule has 0 fully saturated rings. The zero-order valence-electron chi connectivity index (χ0n) is 9.84. The number of aliphatic hydroxyl groups excluding tert-OH is 1. The van der Waals surface area contributed by atoms with Crippen molar-refractivity contribution >= 4 is 23.1 Å². The van der Waals surface area contributed by atoms with Crippen molar-refractivity contribution in [3.8, 4) is 0 Å². The molecule has 1 aromatic rings. The van der Waals surface area contributed by atoms with Crippen molar-refractivity contribution in [3.05, 3.63) is 54.1 Å². The van der Waals surface area contributed by atoms with Gasteiger partial charge >= 0.3 is 5.97 Å². The Morgan fingerprint density at radius 1 is 1.39 bits per heavy atom. The summed E-state index contributed by atoms with van der Waals surface area (Å²) in [6, 6.07) is 9.55. The maximum absolute atomic E-state index is 11.5. The average molecular weight is 265 g/mol. The van der Waals surface area contributed by atoms with Crippen LogP contribution >= 0.6 is 11.6 Å². The summed E-state index contributed by atoms with van der Waals surface area (Å²) in [5, 5.41) is 10.0. The van der Waals surface area contributed by atoms with E-state index in [1.54, 1.807) is 12.2 Å². The number of aliphatic hydroxyl groups is 1. The van der Waals surface area contributed by atoms with E-state index in [2.05, 4.69) is 4.74 Å². The third kappa shape index (κ3) is 2.19. The number of benzene rings is 1. The van der Waals surface area contributed by atoms with E-state index in [1.165, 1.54) is 13.2 Å². The Balaban J connectivity index is 2.30. The largest absolute Gasteiger partial charge is 0.467 e. The Kier molecular flexibility index (Phi) is 3.55. The summed E-state index contributed by atoms with van der Waals surface area (Å²) in [5.41, 5.74) is 1.78. The number of methoxy groups -OCH3 is 1. The zero-order chi connectivity index (χ0) is 13.2. The molecule has 4 heteroatoms. The van der Waals surface area contributed by atoms with Crippen LogP contribution in [-0.2, 0) is 9.53 Å². The van der Waals surface area contributed by atoms with Crippen LogP contribution in [0.4, 0.5) is 0 Å². The number of halogens is 1. The molecule has 1 aliphatic rings. The van der Waals surface area contributed by atoms with Gasteiger partial charge in [-0.2, -0.15) is 0 Å². The Bertz CT molecular complexity index is 507. The molecule has 0 spiro atoms. The van der Waals surface area contributed by atoms with Gasteiger partial charge in [0, 0.05) is 0 Å². The molecule has 2 rings (SSSR count). The third-order valence-corrected chi connectivity index (χ3v) is 3.38. The summed E-state index contributed by atoms with van der Waals surface area (Å²) in [7, 11) is 1.24. The molecule has 1 aromatic carbocycles. The van der Waals surface area contributed by atoms with Crippen molar-refractivity contribution in [2.75, 3.05) is 7.11 Å². The Hall–Kier alpha value is -1.58. The van der Waals surface area contributed by atoms with Crippen LogP contribution in [0, 0.1) is 0 Å². The molecule has 0 saturated carbocycles. The first kappa shape index (κ1) is 12.9. The molecular weight excluding hydrogens is 252 g/mol. The zero-order valence-corrected chi connectivity index (χ0v) is 10.6. The molecule has 0 aromatic heterocycles. The molecule has 0 saturated heterocycles. The number of rotatable bonds is 2. The normalized spacial score (nSPS) is 26.6. The minimum Gasteiger partial charge on any atom is -0.467 e. The molecule has 18 heavy (non-hydrogen) atoms. The molecule has 1 N–H and O–H groups in total. The van der Waals surface area contributed by atoms with Gasteiger partial charge in [0.05, 0.1) is 7.11 Å². The van der Waals surface area contributed by atoms with Crippen LogP contribution in [-0.4, -0.2) is 29.2 Å². The van der Waals surface area contributed by atoms with Crippen molar-refractivity contribution in [3.63, 3.8) is 0 Å². The van der Waals surface area contributed by atoms with Gasteiger partial charge in [0.15, 0.2) is 4.87 Å². The molecule has 0 aliphatic heterocycles. The van der Waals surface area contributed by atoms with E-state index in [0.717, 1.165) is 11.1 Å². The standard InChI is InChI=1S/C14H13ClO3/c1-18-13(17)14(15)8-7-11(9-12(14)16)10-5-3-2-4-6-10/h2-9,12,16H,1H3. The third-order valence-electron chi connectivity index (χ3n) is 2.88. The van der Waals surface area contributed by atoms with Crippen LogP contribution in [0.25, 0.3) is 5.57 Å². The quantitative estimate of drug-likeness (QED) is 0.658. The van der Waals surface area contributed by atoms with Gasteiger partial charge in [-0.25, -0.2) is 4.79 Å². The summed E-state index contributed by atoms with van der Waals surface area (Å²) >= 11 is 6.07. The number of carbonyl (C=O) groups excluding carboxylic acids is 1. The van der Waals surface area contributed by atoms with Gasteiger partial charge < -0.3 is 9.84 Å². The van der Waals surface area contributed by atoms with E-state index in [-0.39, 0.29) is 0 Å². The molecule has 0 radical (unpaired) electrons. The highest BCUT2D eigenvalue weighted by Crippen LogP contribution is 2.32. The Morgan fingerprint density at radius 3 is 2.61 bits per heavy atom. The van der Waals surface area contributed by atoms with Crippen LogP contribution in [0.3, 0.4) is 0 Å². The molecule has 0 heterocycles. The van der Waals surface area contributed by atoms with E-state index in [4.69, 9.17) is 11.6 Å². The number of ether oxygens (including phenoxy) is 1. The highest BCUT2D eigenvalue weighted by atomic mass is 35.5. The predicted octanol–water partition coefficient (Wildman–Crippen LogP) is 2.15. The Morgan fingerprint density at radius 2 is 2.06 bits per heavy atom. The van der Waals surface area contributed by atoms with Crippen LogP contribution < -0.4 is 0 Å². The number of alkyl halides is 1. The lowest BCUT2D eigenvalue weighted by molar-refractivity contribution is -0.144. The maximum Gasteiger partial charge on any atom is 0.333 e. The molecular formula is C14H13ClO3. The number of esters is 1. The molecule has 3 nitrogen and oxygen atoms in total. The van der Waals surface area contributed by atoms with Crippen molar-refractivity contribution in [1.82, 2.24) is 0 Å². The first-order valence-corrected chi connectivity index (χ1v) is 5.87. The molecule has 0 bridgehead atoms. The molecule has 2 unspecified atom stereocenters. The lowest BCUT2D eigenvalue weighted by atomic mass is 9.90. The minimum atomic E-state index is -1.53. The van der Waals surface area contributed by atoms with Crippen LogP contribution in [0.2, 0.25) is 0 Å². The van der Waals surface area contributed by atoms with Crippen LogP contribution in [0.15, 0.2) is 48.6 Å². The van der Waals surface area contributed by atoms with Crippen molar-refractivity contribution in [1.29, 1.82) is 0 Å². The monoisotopic (exact) mass is 264 g/mol. The second-order valence-corrected chi connectivity index (χ2v) is 4.65. The summed E-state index contributed by atoms with van der Waals surface area (Å²) < 4.78 is 4.59. The van der Waals surface area contributed by atoms with Gasteiger partial charge in [0.2, 0.25) is 0 Å². The van der Waals surface area contributed by atoms with Crippen molar-refractivity contribution in [2.45, 2.75) is 11.0 Å². The van der Waals surface area contributed by atoms with Gasteiger partial charge in [-0.05, 0) is 23.3 Å². The fourth-order valence-corrected chi connectivity index (χ4v) is 2.03. The van der Waals surface area contributed by atoms with Gasteiger partial charge in [0.25, 0.3) is 0 Å². The summed E-state index contributed by atoms with van der Waals surface area (Å²) in [5.74, 6) is -0.670. The maximum atomic E-state index is 11.5. The first-order valence-electron chi connectivity index (χ1n) is 5.50. The smallest absolute Gasteiger partial charge is 0.333 e. The second kappa shape index (κ2) is 4.96. The first-order chi connectivity index (χ1) is 8.58. The van der Waals surface area contributed by atoms with Gasteiger partial charge in [0.1, 0.15) is 6.10 Å². The van der Waals surface area contributed by atoms with E-state index in [0.29, 0.717) is 0 Å². The van der Waals surface area contributed by atoms with E-state index < -0.39 is 16.9 Å². The van der Waals surface area contributed by atoms with Gasteiger partial charge in [-0.3, -0.25) is 0 Å². The number of allylic oxidation sites excluding steroid dienone is 2. The number of carbonyl (C=O) groups is 1. The number of hydrogen-bond donors (Lipinski definition) is 1. The lowest BCUT2D eigenvalue weighted by Gasteiger charge is -2.27. The van der Waals surface area contributed by atoms with Crippen LogP contribution in [0.1, 0.15) is 5.56 Å². The average Bonchev–Trinajstić information content (AvgIpc) is 2.42. The minimum absolute atomic E-state index is 0.670. The van der Waals surface area contributed by atoms with E-state index in [1.807, 2.05) is 30.3 Å². The van der Waals surface area contributed by atoms with E-state index >= 15 is 0 Å². The highest BCUT2D eigenvalue weighted by molar-refractivity contribution is 6.36. The molecule has 94 valence electrons. The SMILES string of the molecule is COC(=O)C1(Cl)C=CC(c2ccccc2)=CC1O. The second-order valence-electron chi connectivity index (χ2n) is 4.03. The summed E-state index contributed by atoms with van der Waals surface area (Å²) in [6.07, 6.45) is 3.62. The van der Waals surface area contributed by atoms with Gasteiger partial charge in [-0.15, -0.1) is 0 Å². The van der Waals surface area contributed by atoms with Crippen molar-refractivity contribution in [2.24, 2.45) is 0 Å². The van der Waals surface area contributed by atoms with Crippen molar-refractivity contribution < 1.29 is 14.6 Å². The summed E-state index contributed by atoms with van der Waals surface area (Å²) in [4.78, 5) is 10.0. The predicted molar refractivity (Wildman–Crippen MR) is 70.2 cm³/mol. The van der Waals surface area contributed by atoms with E-state index in [9.17, 15) is 9.90 Å². The van der Waals surface area contributed by atoms with Gasteiger partial charge in [-0.1, -0.05) is 48.0 Å². The molecule has 2 atom stereocenters. The fraction of sp³-hybridized carbons (Fsp3) is 0.214.